The summed E-state index contributed by atoms with van der Waals surface area (Å²) >= 11 is 1.26. The molecular weight excluding hydrogens is 354 g/mol. The molecule has 0 bridgehead atoms. The van der Waals surface area contributed by atoms with Crippen LogP contribution in [0.15, 0.2) is 28.0 Å². The maximum atomic E-state index is 12.8. The molecule has 9 heteroatoms. The second-order valence-electron chi connectivity index (χ2n) is 6.00. The Morgan fingerprint density at radius 2 is 2.15 bits per heavy atom. The van der Waals surface area contributed by atoms with Crippen molar-refractivity contribution < 1.29 is 14.0 Å². The molecule has 0 radical (unpaired) electrons. The maximum absolute atomic E-state index is 12.8. The second kappa shape index (κ2) is 7.28. The number of aromatic nitrogens is 5. The number of furan rings is 1. The summed E-state index contributed by atoms with van der Waals surface area (Å²) in [6, 6.07) is 3.63. The van der Waals surface area contributed by atoms with Crippen LogP contribution in [0.25, 0.3) is 0 Å². The van der Waals surface area contributed by atoms with Gasteiger partial charge in [0.2, 0.25) is 5.16 Å². The molecule has 0 aliphatic rings. The van der Waals surface area contributed by atoms with E-state index in [0.717, 1.165) is 5.76 Å². The molecule has 0 fully saturated rings. The molecule has 0 aliphatic carbocycles. The summed E-state index contributed by atoms with van der Waals surface area (Å²) in [7, 11) is 0. The number of Topliss-reactive ketones (excluding diaryl/α,β-unsaturated/α-hetero) is 2. The molecule has 8 nitrogen and oxygen atoms in total. The molecule has 1 N–H and O–H groups in total. The zero-order valence-corrected chi connectivity index (χ0v) is 15.8. The number of hydrogen-bond donors (Lipinski definition) is 1. The predicted molar refractivity (Wildman–Crippen MR) is 95.5 cm³/mol. The second-order valence-corrected chi connectivity index (χ2v) is 7.31. The lowest BCUT2D eigenvalue weighted by molar-refractivity contribution is 0.0988. The summed E-state index contributed by atoms with van der Waals surface area (Å²) in [5, 5.41) is 11.7. The average molecular weight is 373 g/mol. The topological polar surface area (TPSA) is 107 Å². The number of rotatable bonds is 7. The van der Waals surface area contributed by atoms with Crippen molar-refractivity contribution in [2.24, 2.45) is 0 Å². The van der Waals surface area contributed by atoms with Gasteiger partial charge in [-0.15, -0.1) is 5.10 Å². The Hall–Kier alpha value is -2.68. The van der Waals surface area contributed by atoms with Gasteiger partial charge in [0.25, 0.3) is 0 Å². The number of nitrogens with zero attached hydrogens (tertiary/aromatic N) is 4. The van der Waals surface area contributed by atoms with Gasteiger partial charge in [-0.05, 0) is 55.8 Å². The highest BCUT2D eigenvalue weighted by Gasteiger charge is 2.25. The molecule has 1 unspecified atom stereocenters. The van der Waals surface area contributed by atoms with Gasteiger partial charge in [-0.3, -0.25) is 9.59 Å². The van der Waals surface area contributed by atoms with Crippen LogP contribution in [0.3, 0.4) is 0 Å². The first-order valence-electron chi connectivity index (χ1n) is 8.08. The van der Waals surface area contributed by atoms with Gasteiger partial charge in [-0.25, -0.2) is 4.68 Å². The monoisotopic (exact) mass is 373 g/mol. The number of aryl methyl sites for hydroxylation is 1. The molecule has 3 heterocycles. The molecule has 0 spiro atoms. The number of H-pyrrole nitrogens is 1. The molecule has 0 saturated carbocycles. The minimum Gasteiger partial charge on any atom is -0.467 e. The molecule has 0 aliphatic heterocycles. The summed E-state index contributed by atoms with van der Waals surface area (Å²) < 4.78 is 6.89. The van der Waals surface area contributed by atoms with E-state index in [1.165, 1.54) is 18.7 Å². The molecule has 3 aromatic rings. The fraction of sp³-hybridized carbons (Fsp3) is 0.353. The first-order chi connectivity index (χ1) is 12.4. The third-order valence-electron chi connectivity index (χ3n) is 4.07. The highest BCUT2D eigenvalue weighted by atomic mass is 32.2. The van der Waals surface area contributed by atoms with Crippen molar-refractivity contribution >= 4 is 23.3 Å². The minimum absolute atomic E-state index is 0.0574. The molecular formula is C17H19N5O3S. The van der Waals surface area contributed by atoms with Gasteiger partial charge in [0.15, 0.2) is 11.6 Å². The fourth-order valence-corrected chi connectivity index (χ4v) is 3.72. The van der Waals surface area contributed by atoms with Crippen LogP contribution in [0.1, 0.15) is 51.7 Å². The third-order valence-corrected chi connectivity index (χ3v) is 5.14. The summed E-state index contributed by atoms with van der Waals surface area (Å²) in [6.45, 7) is 7.26. The third kappa shape index (κ3) is 3.48. The van der Waals surface area contributed by atoms with Crippen molar-refractivity contribution in [3.63, 3.8) is 0 Å². The van der Waals surface area contributed by atoms with Crippen LogP contribution in [0.5, 0.6) is 0 Å². The van der Waals surface area contributed by atoms with Crippen LogP contribution in [-0.4, -0.2) is 42.0 Å². The van der Waals surface area contributed by atoms with Gasteiger partial charge >= 0.3 is 0 Å². The zero-order valence-electron chi connectivity index (χ0n) is 14.9. The fourth-order valence-electron chi connectivity index (χ4n) is 2.87. The highest BCUT2D eigenvalue weighted by Crippen LogP contribution is 2.27. The Labute approximate surface area is 154 Å². The lowest BCUT2D eigenvalue weighted by atomic mass is 10.0. The number of carbonyl (C=O) groups excluding carboxylic acids is 2. The number of tetrazole rings is 1. The van der Waals surface area contributed by atoms with Crippen molar-refractivity contribution in [3.05, 3.63) is 46.7 Å². The number of nitrogens with one attached hydrogen (secondary N) is 1. The first-order valence-corrected chi connectivity index (χ1v) is 8.96. The maximum Gasteiger partial charge on any atom is 0.210 e. The van der Waals surface area contributed by atoms with Crippen LogP contribution >= 0.6 is 11.8 Å². The molecule has 3 rings (SSSR count). The standard InChI is InChI=1S/C17H19N5O3S/c1-9-14(11(3)23)10(2)18-15(9)16(24)12(4)26-17-19-20-21-22(17)8-13-6-5-7-25-13/h5-7,12,18H,8H2,1-4H3. The number of carbonyl (C=O) groups is 2. The van der Waals surface area contributed by atoms with Gasteiger partial charge in [-0.1, -0.05) is 11.8 Å². The van der Waals surface area contributed by atoms with E-state index in [2.05, 4.69) is 20.5 Å². The first kappa shape index (κ1) is 18.1. The van der Waals surface area contributed by atoms with E-state index >= 15 is 0 Å². The lowest BCUT2D eigenvalue weighted by Gasteiger charge is -2.09. The summed E-state index contributed by atoms with van der Waals surface area (Å²) in [6.07, 6.45) is 1.58. The summed E-state index contributed by atoms with van der Waals surface area (Å²) in [4.78, 5) is 27.7. The molecule has 26 heavy (non-hydrogen) atoms. The summed E-state index contributed by atoms with van der Waals surface area (Å²) in [5.41, 5.74) is 2.42. The Morgan fingerprint density at radius 3 is 2.77 bits per heavy atom. The lowest BCUT2D eigenvalue weighted by Crippen LogP contribution is -2.16. The SMILES string of the molecule is CC(=O)c1c(C)[nH]c(C(=O)C(C)Sc2nnnn2Cc2ccco2)c1C. The van der Waals surface area contributed by atoms with Crippen molar-refractivity contribution in [3.8, 4) is 0 Å². The number of thioether (sulfide) groups is 1. The van der Waals surface area contributed by atoms with Crippen LogP contribution in [-0.2, 0) is 6.54 Å². The van der Waals surface area contributed by atoms with E-state index in [-0.39, 0.29) is 11.6 Å². The Balaban J connectivity index is 1.78. The number of aromatic amines is 1. The van der Waals surface area contributed by atoms with Gasteiger partial charge < -0.3 is 9.40 Å². The quantitative estimate of drug-likeness (QED) is 0.501. The molecule has 0 amide bonds. The van der Waals surface area contributed by atoms with E-state index in [4.69, 9.17) is 4.42 Å². The van der Waals surface area contributed by atoms with Crippen molar-refractivity contribution in [2.75, 3.05) is 0 Å². The van der Waals surface area contributed by atoms with Crippen LogP contribution in [0.2, 0.25) is 0 Å². The highest BCUT2D eigenvalue weighted by molar-refractivity contribution is 8.00. The van der Waals surface area contributed by atoms with Gasteiger partial charge in [-0.2, -0.15) is 0 Å². The van der Waals surface area contributed by atoms with Gasteiger partial charge in [0.05, 0.1) is 17.2 Å². The Bertz CT molecular complexity index is 942. The van der Waals surface area contributed by atoms with Crippen LogP contribution < -0.4 is 0 Å². The van der Waals surface area contributed by atoms with E-state index in [0.29, 0.717) is 34.2 Å². The molecule has 0 saturated heterocycles. The average Bonchev–Trinajstić information content (AvgIpc) is 3.29. The number of ketones is 2. The number of hydrogen-bond acceptors (Lipinski definition) is 7. The smallest absolute Gasteiger partial charge is 0.210 e. The Morgan fingerprint density at radius 1 is 1.38 bits per heavy atom. The Kier molecular flexibility index (Phi) is 5.08. The van der Waals surface area contributed by atoms with E-state index in [1.807, 2.05) is 6.07 Å². The van der Waals surface area contributed by atoms with Crippen LogP contribution in [0.4, 0.5) is 0 Å². The zero-order chi connectivity index (χ0) is 18.8. The van der Waals surface area contributed by atoms with Crippen molar-refractivity contribution in [2.45, 2.75) is 44.6 Å². The molecule has 0 aromatic carbocycles. The van der Waals surface area contributed by atoms with Crippen molar-refractivity contribution in [1.29, 1.82) is 0 Å². The van der Waals surface area contributed by atoms with Crippen molar-refractivity contribution in [1.82, 2.24) is 25.2 Å². The van der Waals surface area contributed by atoms with E-state index in [9.17, 15) is 9.59 Å². The van der Waals surface area contributed by atoms with Gasteiger partial charge in [0, 0.05) is 11.3 Å². The normalized spacial score (nSPS) is 12.3. The molecule has 3 aromatic heterocycles. The van der Waals surface area contributed by atoms with E-state index in [1.54, 1.807) is 37.8 Å². The molecule has 1 atom stereocenters. The summed E-state index contributed by atoms with van der Waals surface area (Å²) in [5.74, 6) is 0.564. The largest absolute Gasteiger partial charge is 0.467 e. The van der Waals surface area contributed by atoms with Crippen LogP contribution in [0, 0.1) is 13.8 Å². The van der Waals surface area contributed by atoms with Gasteiger partial charge in [0.1, 0.15) is 12.3 Å². The molecule has 136 valence electrons. The minimum atomic E-state index is -0.423. The predicted octanol–water partition coefficient (Wildman–Crippen LogP) is 2.83. The van der Waals surface area contributed by atoms with E-state index < -0.39 is 5.25 Å².